The van der Waals surface area contributed by atoms with E-state index in [0.717, 1.165) is 110 Å². The van der Waals surface area contributed by atoms with Crippen LogP contribution in [0.1, 0.15) is 38.9 Å². The van der Waals surface area contributed by atoms with Gasteiger partial charge in [0.1, 0.15) is 17.2 Å². The number of nitrogens with zero attached hydrogens (tertiary/aromatic N) is 1. The van der Waals surface area contributed by atoms with Gasteiger partial charge < -0.3 is 18.8 Å². The molecule has 0 spiro atoms. The Morgan fingerprint density at radius 1 is 0.379 bits per heavy atom. The van der Waals surface area contributed by atoms with Gasteiger partial charge >= 0.3 is 24.7 Å². The maximum absolute atomic E-state index is 16.1. The van der Waals surface area contributed by atoms with Gasteiger partial charge in [-0.15, -0.1) is 9.24 Å². The Morgan fingerprint density at radius 3 is 1.24 bits per heavy atom. The van der Waals surface area contributed by atoms with Crippen molar-refractivity contribution in [2.45, 2.75) is 58.1 Å². The zero-order chi connectivity index (χ0) is 60.4. The first kappa shape index (κ1) is 56.7. The number of benzene rings is 12. The van der Waals surface area contributed by atoms with E-state index in [-0.39, 0.29) is 22.9 Å². The number of ether oxygens (including phenoxy) is 3. The Labute approximate surface area is 502 Å². The number of fused-ring (bicyclic) bond motifs is 6. The smallest absolute Gasteiger partial charge is 0.454 e. The predicted molar refractivity (Wildman–Crippen MR) is 346 cm³/mol. The second kappa shape index (κ2) is 22.5. The Bertz CT molecular complexity index is 4680. The van der Waals surface area contributed by atoms with Gasteiger partial charge in [0.15, 0.2) is 0 Å². The van der Waals surface area contributed by atoms with Crippen LogP contribution in [0.2, 0.25) is 0 Å². The lowest BCUT2D eigenvalue weighted by atomic mass is 9.77. The summed E-state index contributed by atoms with van der Waals surface area (Å²) in [6, 6.07) is 78.8. The van der Waals surface area contributed by atoms with Crippen LogP contribution in [0.25, 0.3) is 115 Å². The Hall–Kier alpha value is -9.37. The number of para-hydroxylation sites is 1. The Morgan fingerprint density at radius 2 is 0.759 bits per heavy atom. The van der Waals surface area contributed by atoms with Crippen LogP contribution in [0.4, 0.5) is 26.3 Å². The van der Waals surface area contributed by atoms with E-state index in [2.05, 4.69) is 113 Å². The Balaban J connectivity index is 0.818. The second-order valence-electron chi connectivity index (χ2n) is 23.0. The predicted octanol–water partition coefficient (Wildman–Crippen LogP) is 22.2. The monoisotopic (exact) mass is 1180 g/mol. The zero-order valence-corrected chi connectivity index (χ0v) is 49.1. The first-order valence-corrected chi connectivity index (χ1v) is 29.4. The van der Waals surface area contributed by atoms with Crippen LogP contribution in [0.5, 0.6) is 17.2 Å². The minimum absolute atomic E-state index is 0.0316. The SMILES string of the molecule is CC(P)c1ccc(-c2c3ccccc3c(-c3ccccc3)c3c(-c4ccc(OC(F)(F)C(F)Oc5ccc(-n6c7ccccc7c7cc(-c8ccc(OC(F)C(F)(F)C(C)(C)C)cc8)ccc76)cc5)cc4)c4ccccc4c(-c4ccccc4)c23)cc1. The third-order valence-electron chi connectivity index (χ3n) is 16.4. The van der Waals surface area contributed by atoms with Crippen molar-refractivity contribution < 1.29 is 40.6 Å². The third-order valence-corrected chi connectivity index (χ3v) is 16.8. The lowest BCUT2D eigenvalue weighted by Gasteiger charge is -2.32. The van der Waals surface area contributed by atoms with Crippen molar-refractivity contribution >= 4 is 63.4 Å². The molecule has 12 aromatic carbocycles. The standard InChI is InChI=1S/C76H58F6NO3P/c1-46(87)47-27-29-51(30-28-47)68-61-24-13-11-22-59(61)67(50-19-9-6-10-20-50)71-69(62-25-14-12-23-60(62)66(70(68)71)49-17-7-5-8-18-49)52-33-40-57(41-34-52)86-76(81,82)73(78)85-56-42-36-54(37-43-56)83-64-26-16-15-21-58(64)63-45-53(35-44-65(63)83)48-31-38-55(39-32-48)84-72(77)75(79,80)74(2,3)4/h5-46,72-73H,87H2,1-4H3. The average Bonchev–Trinajstić information content (AvgIpc) is 1.26. The van der Waals surface area contributed by atoms with Crippen molar-refractivity contribution in [3.05, 3.63) is 254 Å². The van der Waals surface area contributed by atoms with Gasteiger partial charge in [0.2, 0.25) is 0 Å². The van der Waals surface area contributed by atoms with Crippen LogP contribution in [0, 0.1) is 5.41 Å². The molecule has 0 radical (unpaired) electrons. The molecule has 87 heavy (non-hydrogen) atoms. The summed E-state index contributed by atoms with van der Waals surface area (Å²) in [5.41, 5.74) is 11.6. The molecule has 0 N–H and O–H groups in total. The lowest BCUT2D eigenvalue weighted by Crippen LogP contribution is -2.45. The fourth-order valence-corrected chi connectivity index (χ4v) is 12.2. The van der Waals surface area contributed by atoms with E-state index in [4.69, 9.17) is 14.2 Å². The molecule has 4 atom stereocenters. The molecule has 4 nitrogen and oxygen atoms in total. The van der Waals surface area contributed by atoms with E-state index in [1.807, 2.05) is 83.4 Å². The average molecular weight is 1180 g/mol. The van der Waals surface area contributed by atoms with Gasteiger partial charge in [-0.2, -0.15) is 26.3 Å². The van der Waals surface area contributed by atoms with Crippen molar-refractivity contribution in [1.82, 2.24) is 4.57 Å². The molecular weight excluding hydrogens is 1120 g/mol. The molecule has 13 rings (SSSR count). The molecule has 0 aliphatic rings. The molecule has 1 aromatic heterocycles. The van der Waals surface area contributed by atoms with Crippen molar-refractivity contribution in [1.29, 1.82) is 0 Å². The summed E-state index contributed by atoms with van der Waals surface area (Å²) in [5, 5.41) is 7.94. The summed E-state index contributed by atoms with van der Waals surface area (Å²) in [4.78, 5) is 0. The number of alkyl halides is 6. The van der Waals surface area contributed by atoms with Gasteiger partial charge in [0.05, 0.1) is 11.0 Å². The maximum atomic E-state index is 16.1. The van der Waals surface area contributed by atoms with Gasteiger partial charge in [-0.3, -0.25) is 0 Å². The van der Waals surface area contributed by atoms with Gasteiger partial charge in [-0.1, -0.05) is 210 Å². The van der Waals surface area contributed by atoms with E-state index in [9.17, 15) is 13.2 Å². The van der Waals surface area contributed by atoms with Crippen LogP contribution in [0.3, 0.4) is 0 Å². The van der Waals surface area contributed by atoms with Crippen LogP contribution < -0.4 is 14.2 Å². The van der Waals surface area contributed by atoms with Crippen molar-refractivity contribution in [2.24, 2.45) is 5.41 Å². The van der Waals surface area contributed by atoms with Crippen LogP contribution in [-0.2, 0) is 0 Å². The molecule has 1 heterocycles. The number of hydrogen-bond donors (Lipinski definition) is 0. The molecule has 432 valence electrons. The second-order valence-corrected chi connectivity index (χ2v) is 24.0. The maximum Gasteiger partial charge on any atom is 0.468 e. The summed E-state index contributed by atoms with van der Waals surface area (Å²) in [7, 11) is 2.89. The quantitative estimate of drug-likeness (QED) is 0.0583. The van der Waals surface area contributed by atoms with Gasteiger partial charge in [-0.25, -0.2) is 0 Å². The fraction of sp³-hybridized carbons (Fsp3) is 0.132. The summed E-state index contributed by atoms with van der Waals surface area (Å²) in [5.74, 6) is -4.15. The van der Waals surface area contributed by atoms with E-state index < -0.39 is 30.2 Å². The van der Waals surface area contributed by atoms with Crippen LogP contribution in [-0.4, -0.2) is 29.3 Å². The highest BCUT2D eigenvalue weighted by molar-refractivity contribution is 7.17. The van der Waals surface area contributed by atoms with Gasteiger partial charge in [0, 0.05) is 21.9 Å². The first-order valence-electron chi connectivity index (χ1n) is 28.8. The van der Waals surface area contributed by atoms with Crippen molar-refractivity contribution in [2.75, 3.05) is 0 Å². The highest BCUT2D eigenvalue weighted by atomic mass is 31.0. The topological polar surface area (TPSA) is 32.6 Å². The van der Waals surface area contributed by atoms with E-state index in [1.165, 1.54) is 62.7 Å². The highest BCUT2D eigenvalue weighted by Crippen LogP contribution is 2.54. The number of hydrogen-bond acceptors (Lipinski definition) is 3. The summed E-state index contributed by atoms with van der Waals surface area (Å²) >= 11 is 0. The first-order chi connectivity index (χ1) is 41.9. The van der Waals surface area contributed by atoms with Gasteiger partial charge in [0.25, 0.3) is 0 Å². The lowest BCUT2D eigenvalue weighted by molar-refractivity contribution is -0.267. The zero-order valence-electron chi connectivity index (χ0n) is 47.9. The van der Waals surface area contributed by atoms with Crippen molar-refractivity contribution in [3.8, 4) is 78.6 Å². The fourth-order valence-electron chi connectivity index (χ4n) is 11.9. The summed E-state index contributed by atoms with van der Waals surface area (Å²) in [6.07, 6.45) is -10.4. The van der Waals surface area contributed by atoms with Crippen LogP contribution >= 0.6 is 9.24 Å². The molecule has 0 bridgehead atoms. The van der Waals surface area contributed by atoms with Gasteiger partial charge in [-0.05, 0) is 166 Å². The molecule has 11 heteroatoms. The Kier molecular flexibility index (Phi) is 14.7. The number of aromatic nitrogens is 1. The molecule has 13 aromatic rings. The summed E-state index contributed by atoms with van der Waals surface area (Å²) in [6.45, 7) is 5.92. The molecule has 0 saturated carbocycles. The molecule has 4 unspecified atom stereocenters. The number of rotatable bonds is 15. The third kappa shape index (κ3) is 10.4. The highest BCUT2D eigenvalue weighted by Gasteiger charge is 2.52. The largest absolute Gasteiger partial charge is 0.468 e. The molecule has 0 aliphatic heterocycles. The molecule has 0 aliphatic carbocycles. The van der Waals surface area contributed by atoms with Crippen molar-refractivity contribution in [3.63, 3.8) is 0 Å². The summed E-state index contributed by atoms with van der Waals surface area (Å²) < 4.78 is 110. The minimum atomic E-state index is -4.41. The number of halogens is 6. The molecule has 0 saturated heterocycles. The normalized spacial score (nSPS) is 13.3. The van der Waals surface area contributed by atoms with E-state index in [1.54, 1.807) is 36.4 Å². The molecular formula is C76H58F6NO3P. The van der Waals surface area contributed by atoms with E-state index >= 15 is 13.2 Å². The molecule has 0 amide bonds. The van der Waals surface area contributed by atoms with E-state index in [0.29, 0.717) is 5.69 Å². The molecule has 0 fully saturated rings. The minimum Gasteiger partial charge on any atom is -0.454 e. The van der Waals surface area contributed by atoms with Crippen LogP contribution in [0.15, 0.2) is 249 Å².